The Hall–Kier alpha value is -4.70. The van der Waals surface area contributed by atoms with Gasteiger partial charge in [-0.25, -0.2) is 0 Å². The summed E-state index contributed by atoms with van der Waals surface area (Å²) in [4.78, 5) is 2.52. The SMILES string of the molecule is CC(C)CC(C)N(Cc1cc(C(C)(C)C)c(O)c(C(C)(C)C)c1)c1ccc(Nc2ccc(Nc3ccc(Cc4ccc(CC(C)CC(C)(C)C)cc4)cc3)cc2)cc1. The second-order valence-corrected chi connectivity index (χ2v) is 20.8. The first-order chi connectivity index (χ1) is 27.1. The Morgan fingerprint density at radius 3 is 1.34 bits per heavy atom. The van der Waals surface area contributed by atoms with Crippen molar-refractivity contribution in [3.63, 3.8) is 0 Å². The van der Waals surface area contributed by atoms with Crippen LogP contribution in [-0.4, -0.2) is 11.1 Å². The minimum absolute atomic E-state index is 0.166. The monoisotopic (exact) mass is 780 g/mol. The first-order valence-electron chi connectivity index (χ1n) is 21.7. The predicted octanol–water partition coefficient (Wildman–Crippen LogP) is 15.1. The highest BCUT2D eigenvalue weighted by Gasteiger charge is 2.28. The molecule has 2 atom stereocenters. The predicted molar refractivity (Wildman–Crippen MR) is 253 cm³/mol. The lowest BCUT2D eigenvalue weighted by Crippen LogP contribution is -2.34. The Labute approximate surface area is 352 Å². The van der Waals surface area contributed by atoms with Gasteiger partial charge in [-0.05, 0) is 167 Å². The summed E-state index contributed by atoms with van der Waals surface area (Å²) < 4.78 is 0. The number of anilines is 5. The van der Waals surface area contributed by atoms with Crippen molar-refractivity contribution in [2.75, 3.05) is 15.5 Å². The fourth-order valence-electron chi connectivity index (χ4n) is 8.40. The van der Waals surface area contributed by atoms with E-state index in [9.17, 15) is 5.11 Å². The van der Waals surface area contributed by atoms with Crippen LogP contribution in [0.1, 0.15) is 136 Å². The Bertz CT molecular complexity index is 2000. The third-order valence-corrected chi connectivity index (χ3v) is 11.1. The van der Waals surface area contributed by atoms with Crippen LogP contribution in [0, 0.1) is 17.3 Å². The quantitative estimate of drug-likeness (QED) is 0.0990. The number of phenols is 1. The molecule has 0 aliphatic rings. The van der Waals surface area contributed by atoms with Crippen molar-refractivity contribution in [1.82, 2.24) is 0 Å². The van der Waals surface area contributed by atoms with Gasteiger partial charge in [-0.2, -0.15) is 0 Å². The average Bonchev–Trinajstić information content (AvgIpc) is 3.12. The third kappa shape index (κ3) is 12.9. The van der Waals surface area contributed by atoms with E-state index in [0.29, 0.717) is 29.0 Å². The number of rotatable bonds is 15. The van der Waals surface area contributed by atoms with Gasteiger partial charge in [0.1, 0.15) is 5.75 Å². The summed E-state index contributed by atoms with van der Waals surface area (Å²) in [6.45, 7) is 30.2. The molecule has 0 amide bonds. The molecule has 0 saturated carbocycles. The van der Waals surface area contributed by atoms with E-state index in [2.05, 4.69) is 215 Å². The van der Waals surface area contributed by atoms with E-state index < -0.39 is 0 Å². The van der Waals surface area contributed by atoms with Crippen LogP contribution >= 0.6 is 0 Å². The summed E-state index contributed by atoms with van der Waals surface area (Å²) in [6.07, 6.45) is 4.40. The Morgan fingerprint density at radius 2 is 0.931 bits per heavy atom. The first-order valence-corrected chi connectivity index (χ1v) is 21.7. The zero-order valence-electron chi connectivity index (χ0n) is 38.1. The maximum Gasteiger partial charge on any atom is 0.123 e. The van der Waals surface area contributed by atoms with E-state index in [-0.39, 0.29) is 10.8 Å². The molecule has 0 aliphatic carbocycles. The van der Waals surface area contributed by atoms with Crippen LogP contribution in [-0.2, 0) is 30.2 Å². The van der Waals surface area contributed by atoms with E-state index in [1.807, 2.05) is 0 Å². The van der Waals surface area contributed by atoms with Crippen molar-refractivity contribution in [3.05, 3.63) is 143 Å². The maximum absolute atomic E-state index is 11.4. The van der Waals surface area contributed by atoms with E-state index in [4.69, 9.17) is 0 Å². The van der Waals surface area contributed by atoms with Crippen molar-refractivity contribution < 1.29 is 5.11 Å². The molecular weight excluding hydrogens is 707 g/mol. The van der Waals surface area contributed by atoms with E-state index >= 15 is 0 Å². The van der Waals surface area contributed by atoms with Crippen molar-refractivity contribution in [3.8, 4) is 5.75 Å². The first kappa shape index (κ1) is 44.4. The van der Waals surface area contributed by atoms with Gasteiger partial charge in [-0.15, -0.1) is 0 Å². The largest absolute Gasteiger partial charge is 0.507 e. The Kier molecular flexibility index (Phi) is 14.1. The van der Waals surface area contributed by atoms with Gasteiger partial charge in [0.05, 0.1) is 0 Å². The smallest absolute Gasteiger partial charge is 0.123 e. The number of benzene rings is 5. The van der Waals surface area contributed by atoms with Gasteiger partial charge in [0.25, 0.3) is 0 Å². The topological polar surface area (TPSA) is 47.5 Å². The molecule has 0 bridgehead atoms. The van der Waals surface area contributed by atoms with Gasteiger partial charge in [-0.3, -0.25) is 0 Å². The van der Waals surface area contributed by atoms with E-state index in [1.54, 1.807) is 0 Å². The number of aromatic hydroxyl groups is 1. The van der Waals surface area contributed by atoms with Crippen LogP contribution in [0.25, 0.3) is 0 Å². The highest BCUT2D eigenvalue weighted by molar-refractivity contribution is 5.67. The number of hydrogen-bond donors (Lipinski definition) is 3. The van der Waals surface area contributed by atoms with Gasteiger partial charge in [0.2, 0.25) is 0 Å². The molecule has 310 valence electrons. The molecule has 4 heteroatoms. The Balaban J connectivity index is 1.21. The number of nitrogens with zero attached hydrogens (tertiary/aromatic N) is 1. The highest BCUT2D eigenvalue weighted by atomic mass is 16.3. The van der Waals surface area contributed by atoms with Crippen LogP contribution in [0.2, 0.25) is 0 Å². The average molecular weight is 780 g/mol. The molecule has 3 N–H and O–H groups in total. The standard InChI is InChI=1S/C54H73N3O/c1-37(2)30-39(4)57(36-43-33-49(53(8,9)10)51(58)50(34-43)54(11,12)13)48-28-26-47(27-29-48)56-46-24-22-45(23-25-46)55-44-20-18-42(19-21-44)32-41-16-14-40(15-17-41)31-38(3)35-52(5,6)7/h14-29,33-34,37-39,55-56,58H,30-32,35-36H2,1-13H3. The molecule has 58 heavy (non-hydrogen) atoms. The molecule has 0 aliphatic heterocycles. The van der Waals surface area contributed by atoms with Gasteiger partial charge in [0, 0.05) is 41.0 Å². The minimum atomic E-state index is -0.166. The van der Waals surface area contributed by atoms with Crippen molar-refractivity contribution in [2.24, 2.45) is 17.3 Å². The second-order valence-electron chi connectivity index (χ2n) is 20.8. The molecule has 0 heterocycles. The molecule has 0 fully saturated rings. The van der Waals surface area contributed by atoms with Crippen LogP contribution < -0.4 is 15.5 Å². The van der Waals surface area contributed by atoms with Crippen LogP contribution in [0.15, 0.2) is 109 Å². The summed E-state index contributed by atoms with van der Waals surface area (Å²) in [7, 11) is 0. The lowest BCUT2D eigenvalue weighted by Gasteiger charge is -2.34. The van der Waals surface area contributed by atoms with Gasteiger partial charge >= 0.3 is 0 Å². The molecule has 5 aromatic rings. The summed E-state index contributed by atoms with van der Waals surface area (Å²) in [5.41, 5.74) is 12.8. The molecule has 2 unspecified atom stereocenters. The van der Waals surface area contributed by atoms with Crippen LogP contribution in [0.3, 0.4) is 0 Å². The molecule has 0 spiro atoms. The lowest BCUT2D eigenvalue weighted by molar-refractivity contribution is 0.306. The summed E-state index contributed by atoms with van der Waals surface area (Å²) in [5.74, 6) is 1.70. The maximum atomic E-state index is 11.4. The fraction of sp³-hybridized carbons (Fsp3) is 0.444. The van der Waals surface area contributed by atoms with Crippen molar-refractivity contribution in [1.29, 1.82) is 0 Å². The fourth-order valence-corrected chi connectivity index (χ4v) is 8.40. The van der Waals surface area contributed by atoms with Gasteiger partial charge in [-0.1, -0.05) is 119 Å². The summed E-state index contributed by atoms with van der Waals surface area (Å²) in [6, 6.07) is 40.1. The lowest BCUT2D eigenvalue weighted by atomic mass is 9.78. The highest BCUT2D eigenvalue weighted by Crippen LogP contribution is 2.41. The van der Waals surface area contributed by atoms with Crippen LogP contribution in [0.5, 0.6) is 5.75 Å². The van der Waals surface area contributed by atoms with Gasteiger partial charge < -0.3 is 20.6 Å². The summed E-state index contributed by atoms with van der Waals surface area (Å²) in [5, 5.41) is 18.5. The molecule has 5 rings (SSSR count). The molecule has 0 saturated heterocycles. The molecular formula is C54H73N3O. The van der Waals surface area contributed by atoms with Crippen molar-refractivity contribution >= 4 is 28.4 Å². The second kappa shape index (κ2) is 18.5. The number of phenolic OH excluding ortho intramolecular Hbond substituents is 1. The zero-order chi connectivity index (χ0) is 42.4. The normalized spacial score (nSPS) is 13.3. The zero-order valence-corrected chi connectivity index (χ0v) is 38.1. The number of nitrogens with one attached hydrogen (secondary N) is 2. The molecule has 0 radical (unpaired) electrons. The van der Waals surface area contributed by atoms with Crippen molar-refractivity contribution in [2.45, 2.75) is 139 Å². The molecule has 5 aromatic carbocycles. The Morgan fingerprint density at radius 1 is 0.534 bits per heavy atom. The van der Waals surface area contributed by atoms with Gasteiger partial charge in [0.15, 0.2) is 0 Å². The molecule has 4 nitrogen and oxygen atoms in total. The summed E-state index contributed by atoms with van der Waals surface area (Å²) >= 11 is 0. The van der Waals surface area contributed by atoms with E-state index in [1.165, 1.54) is 34.4 Å². The number of hydrogen-bond acceptors (Lipinski definition) is 4. The minimum Gasteiger partial charge on any atom is -0.507 e. The third-order valence-electron chi connectivity index (χ3n) is 11.1. The molecule has 0 aromatic heterocycles. The van der Waals surface area contributed by atoms with E-state index in [0.717, 1.165) is 59.7 Å². The van der Waals surface area contributed by atoms with Crippen LogP contribution in [0.4, 0.5) is 28.4 Å².